The lowest BCUT2D eigenvalue weighted by Crippen LogP contribution is -2.65. The predicted molar refractivity (Wildman–Crippen MR) is 37.1 cm³/mol. The summed E-state index contributed by atoms with van der Waals surface area (Å²) in [5.74, 6) is -2.95. The Hall–Kier alpha value is -0.280. The topological polar surface area (TPSA) is 131 Å². The second-order valence-electron chi connectivity index (χ2n) is 2.92. The summed E-state index contributed by atoms with van der Waals surface area (Å²) in [4.78, 5) is 0. The molecule has 1 aliphatic rings. The van der Waals surface area contributed by atoms with E-state index >= 15 is 0 Å². The van der Waals surface area contributed by atoms with Gasteiger partial charge in [-0.15, -0.1) is 0 Å². The summed E-state index contributed by atoms with van der Waals surface area (Å²) in [6.07, 6.45) is -6.72. The van der Waals surface area contributed by atoms with Crippen molar-refractivity contribution in [2.75, 3.05) is 6.61 Å². The van der Waals surface area contributed by atoms with Gasteiger partial charge in [0.15, 0.2) is 6.10 Å². The molecule has 0 amide bonds. The van der Waals surface area contributed by atoms with E-state index in [1.165, 1.54) is 0 Å². The quantitative estimate of drug-likeness (QED) is 0.236. The van der Waals surface area contributed by atoms with E-state index in [1.807, 2.05) is 0 Å². The molecule has 1 rings (SSSR count). The summed E-state index contributed by atoms with van der Waals surface area (Å²) in [5.41, 5.74) is 0. The molecule has 0 bridgehead atoms. The Bertz CT molecular complexity index is 180. The van der Waals surface area contributed by atoms with E-state index in [9.17, 15) is 0 Å². The maximum Gasteiger partial charge on any atom is 0.308 e. The molecule has 7 nitrogen and oxygen atoms in total. The number of aliphatic hydroxyl groups excluding tert-OH is 4. The van der Waals surface area contributed by atoms with Crippen LogP contribution in [-0.4, -0.2) is 67.6 Å². The van der Waals surface area contributed by atoms with Crippen LogP contribution in [0, 0.1) is 0 Å². The third kappa shape index (κ3) is 1.81. The molecule has 0 spiro atoms. The molecular weight excluding hydrogens is 184 g/mol. The molecule has 1 fully saturated rings. The van der Waals surface area contributed by atoms with Gasteiger partial charge in [-0.3, -0.25) is 0 Å². The van der Waals surface area contributed by atoms with Gasteiger partial charge in [-0.25, -0.2) is 0 Å². The summed E-state index contributed by atoms with van der Waals surface area (Å²) in [6.45, 7) is -0.701. The zero-order valence-electron chi connectivity index (χ0n) is 6.61. The van der Waals surface area contributed by atoms with Gasteiger partial charge in [0, 0.05) is 0 Å². The van der Waals surface area contributed by atoms with Crippen LogP contribution in [0.25, 0.3) is 0 Å². The molecule has 13 heavy (non-hydrogen) atoms. The first-order valence-corrected chi connectivity index (χ1v) is 3.67. The predicted octanol–water partition coefficient (Wildman–Crippen LogP) is -3.90. The minimum absolute atomic E-state index is 0.701. The van der Waals surface area contributed by atoms with E-state index < -0.39 is 37.0 Å². The van der Waals surface area contributed by atoms with Gasteiger partial charge in [0.25, 0.3) is 0 Å². The third-order valence-electron chi connectivity index (χ3n) is 1.94. The van der Waals surface area contributed by atoms with Crippen molar-refractivity contribution >= 4 is 0 Å². The standard InChI is InChI=1S/C6H12O7/c7-1-2-3(8)4(9)5(10)6(11,12)13-2/h2-5,7-12H,1H2/t2-,3-,4+,5+/m0/s1. The minimum atomic E-state index is -2.95. The van der Waals surface area contributed by atoms with Crippen LogP contribution in [0.1, 0.15) is 0 Å². The fourth-order valence-electron chi connectivity index (χ4n) is 1.14. The SMILES string of the molecule is OC[C@@H]1OC(O)(O)[C@H](O)[C@H](O)[C@H]1O. The molecule has 0 radical (unpaired) electrons. The first kappa shape index (κ1) is 10.8. The van der Waals surface area contributed by atoms with E-state index in [0.29, 0.717) is 0 Å². The highest BCUT2D eigenvalue weighted by Gasteiger charge is 2.51. The number of aliphatic hydroxyl groups is 6. The summed E-state index contributed by atoms with van der Waals surface area (Å²) in [5, 5.41) is 53.6. The van der Waals surface area contributed by atoms with Gasteiger partial charge >= 0.3 is 5.97 Å². The molecule has 78 valence electrons. The summed E-state index contributed by atoms with van der Waals surface area (Å²) in [6, 6.07) is 0. The van der Waals surface area contributed by atoms with Crippen LogP contribution in [0.5, 0.6) is 0 Å². The van der Waals surface area contributed by atoms with E-state index in [-0.39, 0.29) is 0 Å². The molecule has 0 saturated carbocycles. The maximum atomic E-state index is 9.12. The van der Waals surface area contributed by atoms with Crippen LogP contribution in [0.3, 0.4) is 0 Å². The van der Waals surface area contributed by atoms with Crippen molar-refractivity contribution in [3.05, 3.63) is 0 Å². The van der Waals surface area contributed by atoms with Crippen molar-refractivity contribution < 1.29 is 35.4 Å². The molecule has 7 heteroatoms. The molecule has 4 atom stereocenters. The Morgan fingerprint density at radius 3 is 2.08 bits per heavy atom. The number of ether oxygens (including phenoxy) is 1. The number of hydrogen-bond acceptors (Lipinski definition) is 7. The van der Waals surface area contributed by atoms with Gasteiger partial charge in [-0.05, 0) is 0 Å². The first-order chi connectivity index (χ1) is 5.90. The van der Waals surface area contributed by atoms with Crippen molar-refractivity contribution in [1.29, 1.82) is 0 Å². The molecule has 1 heterocycles. The third-order valence-corrected chi connectivity index (χ3v) is 1.94. The van der Waals surface area contributed by atoms with Crippen LogP contribution >= 0.6 is 0 Å². The van der Waals surface area contributed by atoms with Gasteiger partial charge in [0.05, 0.1) is 6.61 Å². The van der Waals surface area contributed by atoms with Gasteiger partial charge in [-0.1, -0.05) is 0 Å². The molecular formula is C6H12O7. The molecule has 0 aromatic rings. The van der Waals surface area contributed by atoms with Gasteiger partial charge < -0.3 is 35.4 Å². The molecule has 0 aromatic heterocycles. The lowest BCUT2D eigenvalue weighted by atomic mass is 9.98. The summed E-state index contributed by atoms with van der Waals surface area (Å²) >= 11 is 0. The van der Waals surface area contributed by atoms with Gasteiger partial charge in [0.2, 0.25) is 0 Å². The van der Waals surface area contributed by atoms with Crippen molar-refractivity contribution in [3.8, 4) is 0 Å². The lowest BCUT2D eigenvalue weighted by molar-refractivity contribution is -0.435. The normalized spacial score (nSPS) is 44.8. The van der Waals surface area contributed by atoms with Crippen molar-refractivity contribution in [2.45, 2.75) is 30.4 Å². The molecule has 0 unspecified atom stereocenters. The van der Waals surface area contributed by atoms with Gasteiger partial charge in [0.1, 0.15) is 18.3 Å². The smallest absolute Gasteiger partial charge is 0.308 e. The van der Waals surface area contributed by atoms with E-state index in [2.05, 4.69) is 4.74 Å². The zero-order chi connectivity index (χ0) is 10.2. The fraction of sp³-hybridized carbons (Fsp3) is 1.00. The van der Waals surface area contributed by atoms with Crippen LogP contribution < -0.4 is 0 Å². The van der Waals surface area contributed by atoms with Crippen molar-refractivity contribution in [1.82, 2.24) is 0 Å². The molecule has 1 saturated heterocycles. The average Bonchev–Trinajstić information content (AvgIpc) is 2.08. The highest BCUT2D eigenvalue weighted by Crippen LogP contribution is 2.25. The minimum Gasteiger partial charge on any atom is -0.394 e. The van der Waals surface area contributed by atoms with Crippen molar-refractivity contribution in [2.24, 2.45) is 0 Å². The molecule has 1 aliphatic heterocycles. The monoisotopic (exact) mass is 196 g/mol. The van der Waals surface area contributed by atoms with E-state index in [0.717, 1.165) is 0 Å². The second kappa shape index (κ2) is 3.46. The lowest BCUT2D eigenvalue weighted by Gasteiger charge is -2.41. The van der Waals surface area contributed by atoms with Crippen LogP contribution in [-0.2, 0) is 4.74 Å². The van der Waals surface area contributed by atoms with Crippen LogP contribution in [0.4, 0.5) is 0 Å². The van der Waals surface area contributed by atoms with Gasteiger partial charge in [-0.2, -0.15) is 0 Å². The van der Waals surface area contributed by atoms with Crippen LogP contribution in [0.2, 0.25) is 0 Å². The Labute approximate surface area is 73.4 Å². The Kier molecular flexibility index (Phi) is 2.88. The molecule has 0 aliphatic carbocycles. The molecule has 6 N–H and O–H groups in total. The highest BCUT2D eigenvalue weighted by atomic mass is 16.8. The van der Waals surface area contributed by atoms with Crippen LogP contribution in [0.15, 0.2) is 0 Å². The Morgan fingerprint density at radius 1 is 1.08 bits per heavy atom. The van der Waals surface area contributed by atoms with E-state index in [1.54, 1.807) is 0 Å². The Balaban J connectivity index is 2.79. The maximum absolute atomic E-state index is 9.12. The first-order valence-electron chi connectivity index (χ1n) is 3.67. The molecule has 0 aromatic carbocycles. The zero-order valence-corrected chi connectivity index (χ0v) is 6.61. The average molecular weight is 196 g/mol. The number of hydrogen-bond donors (Lipinski definition) is 6. The largest absolute Gasteiger partial charge is 0.394 e. The second-order valence-corrected chi connectivity index (χ2v) is 2.92. The number of rotatable bonds is 1. The van der Waals surface area contributed by atoms with E-state index in [4.69, 9.17) is 30.6 Å². The fourth-order valence-corrected chi connectivity index (χ4v) is 1.14. The highest BCUT2D eigenvalue weighted by molar-refractivity contribution is 4.90. The summed E-state index contributed by atoms with van der Waals surface area (Å²) < 4.78 is 4.32. The summed E-state index contributed by atoms with van der Waals surface area (Å²) in [7, 11) is 0. The van der Waals surface area contributed by atoms with Crippen molar-refractivity contribution in [3.63, 3.8) is 0 Å². The Morgan fingerprint density at radius 2 is 1.62 bits per heavy atom.